The average molecular weight is 259 g/mol. The lowest BCUT2D eigenvalue weighted by Crippen LogP contribution is -2.15. The van der Waals surface area contributed by atoms with Crippen molar-refractivity contribution in [3.05, 3.63) is 47.7 Å². The number of halogens is 1. The Balaban J connectivity index is 2.36. The third-order valence-corrected chi connectivity index (χ3v) is 2.83. The van der Waals surface area contributed by atoms with Crippen molar-refractivity contribution in [2.75, 3.05) is 11.9 Å². The Morgan fingerprint density at radius 2 is 1.89 bits per heavy atom. The molecule has 1 aromatic carbocycles. The van der Waals surface area contributed by atoms with Crippen LogP contribution < -0.4 is 10.6 Å². The van der Waals surface area contributed by atoms with Crippen molar-refractivity contribution < 1.29 is 4.39 Å². The highest BCUT2D eigenvalue weighted by Crippen LogP contribution is 2.24. The van der Waals surface area contributed by atoms with E-state index in [0.29, 0.717) is 11.3 Å². The lowest BCUT2D eigenvalue weighted by molar-refractivity contribution is 0.601. The fourth-order valence-corrected chi connectivity index (χ4v) is 1.67. The molecule has 0 saturated heterocycles. The van der Waals surface area contributed by atoms with Crippen LogP contribution in [0, 0.1) is 18.2 Å². The van der Waals surface area contributed by atoms with Crippen molar-refractivity contribution in [2.45, 2.75) is 6.92 Å². The minimum Gasteiger partial charge on any atom is -0.384 e. The molecule has 0 fully saturated rings. The van der Waals surface area contributed by atoms with Gasteiger partial charge in [-0.1, -0.05) is 0 Å². The van der Waals surface area contributed by atoms with Gasteiger partial charge in [-0.2, -0.15) is 0 Å². The highest BCUT2D eigenvalue weighted by molar-refractivity contribution is 5.95. The Labute approximate surface area is 110 Å². The highest BCUT2D eigenvalue weighted by Gasteiger charge is 2.13. The topological polar surface area (TPSA) is 78.9 Å². The van der Waals surface area contributed by atoms with E-state index in [1.807, 2.05) is 0 Å². The predicted octanol–water partition coefficient (Wildman–Crippen LogP) is 1.98. The van der Waals surface area contributed by atoms with E-state index in [9.17, 15) is 4.39 Å². The number of aromatic nitrogens is 2. The molecule has 0 atom stereocenters. The maximum atomic E-state index is 13.9. The Bertz CT molecular complexity index is 609. The molecule has 0 aliphatic carbocycles. The van der Waals surface area contributed by atoms with Crippen LogP contribution in [0.2, 0.25) is 0 Å². The molecule has 1 heterocycles. The molecule has 6 heteroatoms. The molecule has 0 aliphatic rings. The predicted molar refractivity (Wildman–Crippen MR) is 72.2 cm³/mol. The molecule has 1 aromatic heterocycles. The summed E-state index contributed by atoms with van der Waals surface area (Å²) in [5.74, 6) is -0.234. The third kappa shape index (κ3) is 2.52. The minimum absolute atomic E-state index is 0.00161. The van der Waals surface area contributed by atoms with E-state index in [1.165, 1.54) is 6.33 Å². The lowest BCUT2D eigenvalue weighted by Gasteiger charge is -2.19. The van der Waals surface area contributed by atoms with Crippen LogP contribution >= 0.6 is 0 Å². The number of nitrogens with one attached hydrogen (secondary N) is 1. The van der Waals surface area contributed by atoms with Crippen LogP contribution in [-0.4, -0.2) is 22.9 Å². The van der Waals surface area contributed by atoms with Gasteiger partial charge in [-0.15, -0.1) is 0 Å². The van der Waals surface area contributed by atoms with Crippen molar-refractivity contribution in [1.29, 1.82) is 5.41 Å². The van der Waals surface area contributed by atoms with Crippen molar-refractivity contribution >= 4 is 17.3 Å². The van der Waals surface area contributed by atoms with Gasteiger partial charge in [0.15, 0.2) is 11.6 Å². The molecule has 98 valence electrons. The molecular weight excluding hydrogens is 245 g/mol. The van der Waals surface area contributed by atoms with Gasteiger partial charge in [-0.25, -0.2) is 14.4 Å². The number of rotatable bonds is 3. The monoisotopic (exact) mass is 259 g/mol. The molecule has 3 N–H and O–H groups in total. The second kappa shape index (κ2) is 5.01. The summed E-state index contributed by atoms with van der Waals surface area (Å²) in [5, 5.41) is 7.32. The molecule has 19 heavy (non-hydrogen) atoms. The summed E-state index contributed by atoms with van der Waals surface area (Å²) in [6.07, 6.45) is 1.33. The molecule has 2 aromatic rings. The van der Waals surface area contributed by atoms with Crippen molar-refractivity contribution in [2.24, 2.45) is 5.73 Å². The first kappa shape index (κ1) is 12.9. The van der Waals surface area contributed by atoms with Gasteiger partial charge in [0, 0.05) is 18.3 Å². The fourth-order valence-electron chi connectivity index (χ4n) is 1.67. The first-order chi connectivity index (χ1) is 9.00. The number of nitrogens with two attached hydrogens (primary N) is 1. The summed E-state index contributed by atoms with van der Waals surface area (Å²) in [6.45, 7) is 1.59. The number of benzene rings is 1. The average Bonchev–Trinajstić information content (AvgIpc) is 2.41. The van der Waals surface area contributed by atoms with Gasteiger partial charge in [0.25, 0.3) is 0 Å². The summed E-state index contributed by atoms with van der Waals surface area (Å²) < 4.78 is 13.9. The number of hydrogen-bond acceptors (Lipinski definition) is 4. The van der Waals surface area contributed by atoms with Gasteiger partial charge < -0.3 is 10.6 Å². The number of anilines is 2. The van der Waals surface area contributed by atoms with Crippen LogP contribution in [-0.2, 0) is 0 Å². The number of hydrogen-bond donors (Lipinski definition) is 2. The van der Waals surface area contributed by atoms with Gasteiger partial charge in [0.1, 0.15) is 12.2 Å². The summed E-state index contributed by atoms with van der Waals surface area (Å²) in [7, 11) is 1.72. The minimum atomic E-state index is -0.444. The van der Waals surface area contributed by atoms with Gasteiger partial charge in [-0.05, 0) is 31.2 Å². The van der Waals surface area contributed by atoms with E-state index in [-0.39, 0.29) is 11.7 Å². The zero-order valence-electron chi connectivity index (χ0n) is 10.7. The molecule has 5 nitrogen and oxygen atoms in total. The molecule has 0 aliphatic heterocycles. The SMILES string of the molecule is Cc1ncnc(N(C)c2ccc(C(=N)N)cc2)c1F. The third-order valence-electron chi connectivity index (χ3n) is 2.83. The van der Waals surface area contributed by atoms with E-state index < -0.39 is 5.82 Å². The molecule has 0 bridgehead atoms. The van der Waals surface area contributed by atoms with Crippen LogP contribution in [0.4, 0.5) is 15.9 Å². The summed E-state index contributed by atoms with van der Waals surface area (Å²) in [6, 6.07) is 6.93. The normalized spacial score (nSPS) is 10.3. The smallest absolute Gasteiger partial charge is 0.187 e. The van der Waals surface area contributed by atoms with E-state index in [0.717, 1.165) is 5.69 Å². The van der Waals surface area contributed by atoms with E-state index in [2.05, 4.69) is 9.97 Å². The molecule has 0 unspecified atom stereocenters. The van der Waals surface area contributed by atoms with Crippen LogP contribution in [0.5, 0.6) is 0 Å². The molecule has 0 radical (unpaired) electrons. The number of nitrogens with zero attached hydrogens (tertiary/aromatic N) is 3. The van der Waals surface area contributed by atoms with Crippen molar-refractivity contribution in [1.82, 2.24) is 9.97 Å². The molecule has 2 rings (SSSR count). The van der Waals surface area contributed by atoms with Crippen LogP contribution in [0.15, 0.2) is 30.6 Å². The first-order valence-corrected chi connectivity index (χ1v) is 5.66. The first-order valence-electron chi connectivity index (χ1n) is 5.66. The summed E-state index contributed by atoms with van der Waals surface area (Å²) >= 11 is 0. The highest BCUT2D eigenvalue weighted by atomic mass is 19.1. The largest absolute Gasteiger partial charge is 0.384 e. The zero-order valence-corrected chi connectivity index (χ0v) is 10.7. The number of nitrogen functional groups attached to an aromatic ring is 1. The van der Waals surface area contributed by atoms with E-state index in [1.54, 1.807) is 43.1 Å². The van der Waals surface area contributed by atoms with Gasteiger partial charge >= 0.3 is 0 Å². The van der Waals surface area contributed by atoms with Gasteiger partial charge in [-0.3, -0.25) is 5.41 Å². The van der Waals surface area contributed by atoms with Crippen LogP contribution in [0.3, 0.4) is 0 Å². The van der Waals surface area contributed by atoms with Gasteiger partial charge in [0.05, 0.1) is 5.69 Å². The zero-order chi connectivity index (χ0) is 14.0. The number of amidine groups is 1. The fraction of sp³-hybridized carbons (Fsp3) is 0.154. The Morgan fingerprint density at radius 3 is 2.47 bits per heavy atom. The molecular formula is C13H14FN5. The summed E-state index contributed by atoms with van der Waals surface area (Å²) in [4.78, 5) is 9.36. The Hall–Kier alpha value is -2.50. The van der Waals surface area contributed by atoms with Gasteiger partial charge in [0.2, 0.25) is 0 Å². The second-order valence-corrected chi connectivity index (χ2v) is 4.12. The second-order valence-electron chi connectivity index (χ2n) is 4.12. The van der Waals surface area contributed by atoms with Crippen LogP contribution in [0.1, 0.15) is 11.3 Å². The van der Waals surface area contributed by atoms with Crippen LogP contribution in [0.25, 0.3) is 0 Å². The lowest BCUT2D eigenvalue weighted by atomic mass is 10.2. The maximum Gasteiger partial charge on any atom is 0.187 e. The maximum absolute atomic E-state index is 13.9. The molecule has 0 spiro atoms. The Morgan fingerprint density at radius 1 is 1.26 bits per heavy atom. The molecule has 0 amide bonds. The van der Waals surface area contributed by atoms with E-state index >= 15 is 0 Å². The molecule has 0 saturated carbocycles. The van der Waals surface area contributed by atoms with Crippen molar-refractivity contribution in [3.8, 4) is 0 Å². The van der Waals surface area contributed by atoms with Crippen molar-refractivity contribution in [3.63, 3.8) is 0 Å². The summed E-state index contributed by atoms with van der Waals surface area (Å²) in [5.41, 5.74) is 7.06. The standard InChI is InChI=1S/C13H14FN5/c1-8-11(14)13(18-7-17-8)19(2)10-5-3-9(4-6-10)12(15)16/h3-7H,1-2H3,(H3,15,16). The Kier molecular flexibility index (Phi) is 3.41. The van der Waals surface area contributed by atoms with E-state index in [4.69, 9.17) is 11.1 Å². The number of aryl methyl sites for hydroxylation is 1. The quantitative estimate of drug-likeness (QED) is 0.652.